The van der Waals surface area contributed by atoms with Crippen LogP contribution < -0.4 is 0 Å². The summed E-state index contributed by atoms with van der Waals surface area (Å²) in [7, 11) is 5.50. The van der Waals surface area contributed by atoms with Crippen LogP contribution in [-0.4, -0.2) is 80.6 Å². The van der Waals surface area contributed by atoms with Crippen LogP contribution in [0, 0.1) is 0 Å². The molecule has 0 radical (unpaired) electrons. The highest BCUT2D eigenvalue weighted by Gasteiger charge is 2.31. The Morgan fingerprint density at radius 2 is 1.02 bits per heavy atom. The number of likely N-dealkylation sites (N-methyl/N-ethyl adjacent to an activating group) is 1. The van der Waals surface area contributed by atoms with Gasteiger partial charge in [0.2, 0.25) is 0 Å². The maximum absolute atomic E-state index is 12.7. The van der Waals surface area contributed by atoms with E-state index < -0.39 is 18.1 Å². The molecule has 0 amide bonds. The van der Waals surface area contributed by atoms with Crippen molar-refractivity contribution in [3.8, 4) is 0 Å². The summed E-state index contributed by atoms with van der Waals surface area (Å²) in [4.78, 5) is 36.8. The summed E-state index contributed by atoms with van der Waals surface area (Å²) in [5, 5.41) is 9.60. The lowest BCUT2D eigenvalue weighted by molar-refractivity contribution is -0.887. The van der Waals surface area contributed by atoms with Crippen molar-refractivity contribution < 1.29 is 38.2 Å². The predicted octanol–water partition coefficient (Wildman–Crippen LogP) is 11.0. The summed E-state index contributed by atoms with van der Waals surface area (Å²) in [5.74, 6) is -1.54. The number of esters is 2. The number of quaternary nitrogens is 1. The second kappa shape index (κ2) is 36.0. The molecule has 8 heteroatoms. The van der Waals surface area contributed by atoms with Gasteiger partial charge in [0, 0.05) is 19.3 Å². The number of carboxylic acids is 1. The zero-order valence-corrected chi connectivity index (χ0v) is 34.4. The average Bonchev–Trinajstić information content (AvgIpc) is 3.11. The molecule has 2 unspecified atom stereocenters. The fraction of sp³-hybridized carbons (Fsp3) is 0.711. The van der Waals surface area contributed by atoms with Gasteiger partial charge in [-0.15, -0.1) is 0 Å². The number of nitrogens with zero attached hydrogens (tertiary/aromatic N) is 1. The molecular formula is C45H78NO7+. The number of hydrogen-bond donors (Lipinski definition) is 1. The Labute approximate surface area is 324 Å². The van der Waals surface area contributed by atoms with Crippen LogP contribution >= 0.6 is 0 Å². The molecule has 0 bridgehead atoms. The van der Waals surface area contributed by atoms with E-state index in [9.17, 15) is 19.5 Å². The summed E-state index contributed by atoms with van der Waals surface area (Å²) < 4.78 is 17.2. The molecule has 0 aliphatic carbocycles. The van der Waals surface area contributed by atoms with Gasteiger partial charge in [-0.1, -0.05) is 139 Å². The molecule has 0 aromatic heterocycles. The molecule has 0 rings (SSSR count). The topological polar surface area (TPSA) is 99.1 Å². The number of allylic oxidation sites excluding steroid dienone is 10. The number of aliphatic carboxylic acids is 1. The maximum atomic E-state index is 12.7. The van der Waals surface area contributed by atoms with Crippen LogP contribution in [0.2, 0.25) is 0 Å². The Hall–Kier alpha value is -2.97. The van der Waals surface area contributed by atoms with Gasteiger partial charge in [0.15, 0.2) is 12.1 Å². The second-order valence-electron chi connectivity index (χ2n) is 15.0. The number of carboxylic acid groups (broad SMARTS) is 1. The van der Waals surface area contributed by atoms with E-state index in [0.717, 1.165) is 77.0 Å². The van der Waals surface area contributed by atoms with E-state index in [-0.39, 0.29) is 36.2 Å². The first kappa shape index (κ1) is 50.0. The number of carbonyl (C=O) groups excluding carboxylic acids is 2. The highest BCUT2D eigenvalue weighted by atomic mass is 16.6. The number of ether oxygens (including phenoxy) is 3. The van der Waals surface area contributed by atoms with Gasteiger partial charge in [-0.3, -0.25) is 9.59 Å². The second-order valence-corrected chi connectivity index (χ2v) is 15.0. The Bertz CT molecular complexity index is 1050. The van der Waals surface area contributed by atoms with Crippen LogP contribution in [0.5, 0.6) is 0 Å². The first-order chi connectivity index (χ1) is 25.6. The minimum atomic E-state index is -0.885. The van der Waals surface area contributed by atoms with Crippen LogP contribution in [0.15, 0.2) is 60.8 Å². The highest BCUT2D eigenvalue weighted by Crippen LogP contribution is 2.12. The van der Waals surface area contributed by atoms with Crippen molar-refractivity contribution in [1.82, 2.24) is 0 Å². The lowest BCUT2D eigenvalue weighted by Gasteiger charge is -2.31. The average molecular weight is 745 g/mol. The van der Waals surface area contributed by atoms with E-state index in [1.54, 1.807) is 0 Å². The van der Waals surface area contributed by atoms with Crippen molar-refractivity contribution >= 4 is 17.9 Å². The molecule has 0 aromatic rings. The van der Waals surface area contributed by atoms with Gasteiger partial charge < -0.3 is 23.8 Å². The van der Waals surface area contributed by atoms with Crippen molar-refractivity contribution in [3.05, 3.63) is 60.8 Å². The summed E-state index contributed by atoms with van der Waals surface area (Å²) in [6.07, 6.45) is 42.6. The van der Waals surface area contributed by atoms with E-state index in [2.05, 4.69) is 74.6 Å². The van der Waals surface area contributed by atoms with E-state index >= 15 is 0 Å². The molecule has 53 heavy (non-hydrogen) atoms. The Kier molecular flexibility index (Phi) is 34.0. The van der Waals surface area contributed by atoms with E-state index in [4.69, 9.17) is 14.2 Å². The zero-order valence-electron chi connectivity index (χ0n) is 34.4. The molecule has 2 atom stereocenters. The van der Waals surface area contributed by atoms with Crippen molar-refractivity contribution in [3.63, 3.8) is 0 Å². The van der Waals surface area contributed by atoms with Crippen LogP contribution in [0.25, 0.3) is 0 Å². The normalized spacial score (nSPS) is 13.6. The van der Waals surface area contributed by atoms with E-state index in [1.165, 1.54) is 44.9 Å². The van der Waals surface area contributed by atoms with Crippen LogP contribution in [0.1, 0.15) is 155 Å². The number of hydrogen-bond acceptors (Lipinski definition) is 6. The van der Waals surface area contributed by atoms with Gasteiger partial charge in [0.1, 0.15) is 6.61 Å². The molecule has 0 aliphatic rings. The zero-order chi connectivity index (χ0) is 39.3. The molecule has 0 fully saturated rings. The summed E-state index contributed by atoms with van der Waals surface area (Å²) >= 11 is 0. The lowest BCUT2D eigenvalue weighted by Crippen LogP contribution is -2.50. The number of rotatable bonds is 36. The Morgan fingerprint density at radius 3 is 1.55 bits per heavy atom. The molecule has 0 saturated carbocycles. The Morgan fingerprint density at radius 1 is 0.566 bits per heavy atom. The monoisotopic (exact) mass is 745 g/mol. The molecule has 0 aromatic carbocycles. The molecule has 304 valence electrons. The molecule has 8 nitrogen and oxygen atoms in total. The molecule has 0 spiro atoms. The van der Waals surface area contributed by atoms with Crippen molar-refractivity contribution in [2.45, 2.75) is 167 Å². The van der Waals surface area contributed by atoms with Crippen LogP contribution in [0.4, 0.5) is 0 Å². The fourth-order valence-corrected chi connectivity index (χ4v) is 5.66. The standard InChI is InChI=1S/C45H77NO7/c1-6-8-10-12-14-16-18-19-20-21-22-23-24-26-28-30-32-34-36-44(48)53-41(39-51-38-37-42(45(49)50)46(3,4)5)40-52-43(47)35-33-31-29-27-25-17-15-13-11-9-7-2/h13,15,17-23,25,41-42H,6-12,14,16,24,26-40H2,1-5H3/p+1/b15-13+,19-18+,21-20+,23-22+,25-17+. The predicted molar refractivity (Wildman–Crippen MR) is 220 cm³/mol. The molecule has 0 saturated heterocycles. The third-order valence-corrected chi connectivity index (χ3v) is 8.98. The summed E-state index contributed by atoms with van der Waals surface area (Å²) in [6, 6.07) is -0.624. The first-order valence-electron chi connectivity index (χ1n) is 20.9. The van der Waals surface area contributed by atoms with Gasteiger partial charge >= 0.3 is 17.9 Å². The van der Waals surface area contributed by atoms with Gasteiger partial charge in [-0.25, -0.2) is 4.79 Å². The lowest BCUT2D eigenvalue weighted by atomic mass is 10.1. The first-order valence-corrected chi connectivity index (χ1v) is 20.9. The van der Waals surface area contributed by atoms with Crippen molar-refractivity contribution in [2.75, 3.05) is 41.0 Å². The largest absolute Gasteiger partial charge is 0.477 e. The van der Waals surface area contributed by atoms with Gasteiger partial charge in [-0.05, 0) is 57.8 Å². The molecule has 1 N–H and O–H groups in total. The molecular weight excluding hydrogens is 666 g/mol. The minimum absolute atomic E-state index is 0.0415. The Balaban J connectivity index is 4.46. The smallest absolute Gasteiger partial charge is 0.362 e. The quantitative estimate of drug-likeness (QED) is 0.0295. The molecule has 0 aliphatic heterocycles. The number of carbonyl (C=O) groups is 3. The van der Waals surface area contributed by atoms with Crippen LogP contribution in [-0.2, 0) is 28.6 Å². The molecule has 0 heterocycles. The van der Waals surface area contributed by atoms with E-state index in [0.29, 0.717) is 19.3 Å². The van der Waals surface area contributed by atoms with Gasteiger partial charge in [-0.2, -0.15) is 0 Å². The summed E-state index contributed by atoms with van der Waals surface area (Å²) in [5.41, 5.74) is 0. The SMILES string of the molecule is CCCC/C=C/C=C/CCCCCC(=O)OCC(COCCC(C(=O)O)[N+](C)(C)C)OC(=O)CCCCCCC/C=C/C=C/C=C/CCCCCCC. The number of unbranched alkanes of at least 4 members (excludes halogenated alkanes) is 15. The van der Waals surface area contributed by atoms with Crippen molar-refractivity contribution in [2.24, 2.45) is 0 Å². The van der Waals surface area contributed by atoms with Crippen LogP contribution in [0.3, 0.4) is 0 Å². The third kappa shape index (κ3) is 34.5. The van der Waals surface area contributed by atoms with Crippen molar-refractivity contribution in [1.29, 1.82) is 0 Å². The fourth-order valence-electron chi connectivity index (χ4n) is 5.66. The van der Waals surface area contributed by atoms with Gasteiger partial charge in [0.25, 0.3) is 0 Å². The minimum Gasteiger partial charge on any atom is -0.477 e. The summed E-state index contributed by atoms with van der Waals surface area (Å²) in [6.45, 7) is 4.60. The van der Waals surface area contributed by atoms with Gasteiger partial charge in [0.05, 0.1) is 34.4 Å². The maximum Gasteiger partial charge on any atom is 0.362 e. The third-order valence-electron chi connectivity index (χ3n) is 8.98. The van der Waals surface area contributed by atoms with E-state index in [1.807, 2.05) is 21.1 Å². The highest BCUT2D eigenvalue weighted by molar-refractivity contribution is 5.72.